The SMILES string of the molecule is CC(C)N1C(=O)/C(=C2/COCCN2)c2cc(NC3CCC(F)(F)CC3)ccc21. The van der Waals surface area contributed by atoms with Gasteiger partial charge < -0.3 is 20.3 Å². The third-order valence-corrected chi connectivity index (χ3v) is 5.70. The Morgan fingerprint density at radius 2 is 2.04 bits per heavy atom. The van der Waals surface area contributed by atoms with Crippen LogP contribution in [0.4, 0.5) is 20.2 Å². The molecule has 0 unspecified atom stereocenters. The lowest BCUT2D eigenvalue weighted by Gasteiger charge is -2.29. The second-order valence-corrected chi connectivity index (χ2v) is 8.11. The molecule has 152 valence electrons. The molecule has 4 rings (SSSR count). The molecule has 1 saturated heterocycles. The van der Waals surface area contributed by atoms with Gasteiger partial charge in [0, 0.05) is 42.7 Å². The molecule has 0 spiro atoms. The van der Waals surface area contributed by atoms with E-state index in [4.69, 9.17) is 4.74 Å². The minimum Gasteiger partial charge on any atom is -0.383 e. The van der Waals surface area contributed by atoms with Gasteiger partial charge in [0.25, 0.3) is 5.91 Å². The molecule has 3 aliphatic rings. The lowest BCUT2D eigenvalue weighted by atomic mass is 9.92. The fourth-order valence-electron chi connectivity index (χ4n) is 4.27. The topological polar surface area (TPSA) is 53.6 Å². The molecule has 2 N–H and O–H groups in total. The summed E-state index contributed by atoms with van der Waals surface area (Å²) in [6.07, 6.45) is 0.743. The van der Waals surface area contributed by atoms with Gasteiger partial charge in [-0.3, -0.25) is 4.79 Å². The molecule has 2 fully saturated rings. The van der Waals surface area contributed by atoms with Gasteiger partial charge in [-0.2, -0.15) is 0 Å². The molecule has 1 aromatic carbocycles. The van der Waals surface area contributed by atoms with Gasteiger partial charge >= 0.3 is 0 Å². The molecule has 5 nitrogen and oxygen atoms in total. The Bertz CT molecular complexity index is 789. The van der Waals surface area contributed by atoms with Gasteiger partial charge in [-0.1, -0.05) is 0 Å². The fraction of sp³-hybridized carbons (Fsp3) is 0.571. The first kappa shape index (κ1) is 19.2. The van der Waals surface area contributed by atoms with Crippen LogP contribution in [0.1, 0.15) is 45.1 Å². The quantitative estimate of drug-likeness (QED) is 0.771. The van der Waals surface area contributed by atoms with Crippen LogP contribution in [0.3, 0.4) is 0 Å². The molecule has 0 radical (unpaired) electrons. The predicted octanol–water partition coefficient (Wildman–Crippen LogP) is 3.76. The van der Waals surface area contributed by atoms with E-state index in [9.17, 15) is 13.6 Å². The molecule has 0 atom stereocenters. The van der Waals surface area contributed by atoms with Crippen LogP contribution in [0.5, 0.6) is 0 Å². The van der Waals surface area contributed by atoms with E-state index < -0.39 is 5.92 Å². The van der Waals surface area contributed by atoms with E-state index in [1.807, 2.05) is 32.0 Å². The number of hydrogen-bond donors (Lipinski definition) is 2. The summed E-state index contributed by atoms with van der Waals surface area (Å²) in [6.45, 7) is 5.68. The van der Waals surface area contributed by atoms with Gasteiger partial charge in [0.05, 0.1) is 30.2 Å². The fourth-order valence-corrected chi connectivity index (χ4v) is 4.27. The zero-order chi connectivity index (χ0) is 19.9. The number of carbonyl (C=O) groups excluding carboxylic acids is 1. The molecule has 2 heterocycles. The number of ether oxygens (including phenoxy) is 1. The number of morpholine rings is 1. The van der Waals surface area contributed by atoms with E-state index in [1.54, 1.807) is 4.90 Å². The number of amides is 1. The minimum absolute atomic E-state index is 0.0209. The lowest BCUT2D eigenvalue weighted by molar-refractivity contribution is -0.113. The first-order valence-corrected chi connectivity index (χ1v) is 10.0. The third kappa shape index (κ3) is 3.60. The summed E-state index contributed by atoms with van der Waals surface area (Å²) in [4.78, 5) is 14.9. The van der Waals surface area contributed by atoms with Crippen LogP contribution in [-0.4, -0.2) is 43.7 Å². The zero-order valence-corrected chi connectivity index (χ0v) is 16.4. The number of fused-ring (bicyclic) bond motifs is 1. The maximum absolute atomic E-state index is 13.4. The van der Waals surface area contributed by atoms with Crippen molar-refractivity contribution in [1.82, 2.24) is 5.32 Å². The third-order valence-electron chi connectivity index (χ3n) is 5.70. The van der Waals surface area contributed by atoms with E-state index in [2.05, 4.69) is 10.6 Å². The van der Waals surface area contributed by atoms with E-state index in [0.29, 0.717) is 38.2 Å². The summed E-state index contributed by atoms with van der Waals surface area (Å²) in [5, 5.41) is 6.70. The molecule has 28 heavy (non-hydrogen) atoms. The summed E-state index contributed by atoms with van der Waals surface area (Å²) in [5.74, 6) is -2.56. The maximum Gasteiger partial charge on any atom is 0.261 e. The van der Waals surface area contributed by atoms with Gasteiger partial charge in [-0.05, 0) is 44.9 Å². The number of rotatable bonds is 3. The van der Waals surface area contributed by atoms with Crippen LogP contribution in [0.2, 0.25) is 0 Å². The average Bonchev–Trinajstić information content (AvgIpc) is 2.95. The van der Waals surface area contributed by atoms with Crippen LogP contribution < -0.4 is 15.5 Å². The van der Waals surface area contributed by atoms with E-state index in [-0.39, 0.29) is 30.8 Å². The van der Waals surface area contributed by atoms with Crippen LogP contribution in [-0.2, 0) is 9.53 Å². The normalized spacial score (nSPS) is 25.0. The number of halogens is 2. The van der Waals surface area contributed by atoms with Crippen molar-refractivity contribution in [2.24, 2.45) is 0 Å². The van der Waals surface area contributed by atoms with Crippen LogP contribution in [0.25, 0.3) is 5.57 Å². The van der Waals surface area contributed by atoms with Crippen LogP contribution in [0.15, 0.2) is 23.9 Å². The first-order chi connectivity index (χ1) is 13.4. The van der Waals surface area contributed by atoms with Crippen molar-refractivity contribution in [3.8, 4) is 0 Å². The molecule has 1 aromatic rings. The number of anilines is 2. The molecule has 0 bridgehead atoms. The highest BCUT2D eigenvalue weighted by Crippen LogP contribution is 2.42. The molecule has 7 heteroatoms. The monoisotopic (exact) mass is 391 g/mol. The molecule has 1 aliphatic carbocycles. The standard InChI is InChI=1S/C21H27F2N3O2/c1-13(2)26-18-4-3-15(25-14-5-7-21(22,23)8-6-14)11-16(18)19(20(26)27)17-12-28-10-9-24-17/h3-4,11,13-14,24-25H,5-10,12H2,1-2H3/b19-17-. The number of alkyl halides is 2. The van der Waals surface area contributed by atoms with Crippen molar-refractivity contribution in [3.63, 3.8) is 0 Å². The molecular formula is C21H27F2N3O2. The van der Waals surface area contributed by atoms with E-state index >= 15 is 0 Å². The number of carbonyl (C=O) groups is 1. The molecule has 0 aromatic heterocycles. The largest absolute Gasteiger partial charge is 0.383 e. The highest BCUT2D eigenvalue weighted by molar-refractivity contribution is 6.33. The van der Waals surface area contributed by atoms with Crippen molar-refractivity contribution in [2.45, 2.75) is 57.5 Å². The molecular weight excluding hydrogens is 364 g/mol. The number of nitrogens with zero attached hydrogens (tertiary/aromatic N) is 1. The van der Waals surface area contributed by atoms with Crippen LogP contribution in [0, 0.1) is 0 Å². The lowest BCUT2D eigenvalue weighted by Crippen LogP contribution is -2.35. The molecule has 1 amide bonds. The van der Waals surface area contributed by atoms with Gasteiger partial charge in [0.1, 0.15) is 0 Å². The Balaban J connectivity index is 1.64. The first-order valence-electron chi connectivity index (χ1n) is 10.0. The van der Waals surface area contributed by atoms with E-state index in [0.717, 1.165) is 22.6 Å². The number of hydrogen-bond acceptors (Lipinski definition) is 4. The second-order valence-electron chi connectivity index (χ2n) is 8.11. The summed E-state index contributed by atoms with van der Waals surface area (Å²) in [5.41, 5.74) is 4.09. The van der Waals surface area contributed by atoms with Crippen molar-refractivity contribution >= 4 is 22.9 Å². The van der Waals surface area contributed by atoms with Crippen molar-refractivity contribution in [2.75, 3.05) is 30.0 Å². The summed E-state index contributed by atoms with van der Waals surface area (Å²) < 4.78 is 32.4. The van der Waals surface area contributed by atoms with Gasteiger partial charge in [-0.25, -0.2) is 8.78 Å². The van der Waals surface area contributed by atoms with Gasteiger partial charge in [-0.15, -0.1) is 0 Å². The predicted molar refractivity (Wildman–Crippen MR) is 106 cm³/mol. The Hall–Kier alpha value is -2.15. The zero-order valence-electron chi connectivity index (χ0n) is 16.4. The molecule has 1 saturated carbocycles. The summed E-state index contributed by atoms with van der Waals surface area (Å²) in [6, 6.07) is 5.93. The van der Waals surface area contributed by atoms with Crippen LogP contribution >= 0.6 is 0 Å². The Kier molecular flexibility index (Phi) is 5.04. The van der Waals surface area contributed by atoms with Crippen molar-refractivity contribution < 1.29 is 18.3 Å². The second kappa shape index (κ2) is 7.35. The Morgan fingerprint density at radius 3 is 2.68 bits per heavy atom. The highest BCUT2D eigenvalue weighted by Gasteiger charge is 2.38. The van der Waals surface area contributed by atoms with Crippen molar-refractivity contribution in [1.29, 1.82) is 0 Å². The Morgan fingerprint density at radius 1 is 1.29 bits per heavy atom. The van der Waals surface area contributed by atoms with Crippen molar-refractivity contribution in [3.05, 3.63) is 29.5 Å². The summed E-state index contributed by atoms with van der Waals surface area (Å²) in [7, 11) is 0. The Labute approximate surface area is 164 Å². The van der Waals surface area contributed by atoms with Gasteiger partial charge in [0.2, 0.25) is 5.92 Å². The molecule has 2 aliphatic heterocycles. The smallest absolute Gasteiger partial charge is 0.261 e. The summed E-state index contributed by atoms with van der Waals surface area (Å²) >= 11 is 0. The number of benzene rings is 1. The maximum atomic E-state index is 13.4. The minimum atomic E-state index is -2.54. The average molecular weight is 391 g/mol. The highest BCUT2D eigenvalue weighted by atomic mass is 19.3. The van der Waals surface area contributed by atoms with Gasteiger partial charge in [0.15, 0.2) is 0 Å². The number of nitrogens with one attached hydrogen (secondary N) is 2. The van der Waals surface area contributed by atoms with E-state index in [1.165, 1.54) is 0 Å².